The molecule has 0 bridgehead atoms. The second-order valence-corrected chi connectivity index (χ2v) is 8.78. The van der Waals surface area contributed by atoms with E-state index in [1.54, 1.807) is 31.2 Å². The fourth-order valence-electron chi connectivity index (χ4n) is 4.04. The average molecular weight is 555 g/mol. The summed E-state index contributed by atoms with van der Waals surface area (Å²) in [6.45, 7) is 1.17. The zero-order chi connectivity index (χ0) is 29.0. The van der Waals surface area contributed by atoms with Crippen molar-refractivity contribution in [3.05, 3.63) is 116 Å². The molecule has 0 aliphatic rings. The molecule has 0 saturated carbocycles. The summed E-state index contributed by atoms with van der Waals surface area (Å²) in [6, 6.07) is 17.1. The molecule has 0 spiro atoms. The Morgan fingerprint density at radius 2 is 1.65 bits per heavy atom. The van der Waals surface area contributed by atoms with E-state index >= 15 is 0 Å². The summed E-state index contributed by atoms with van der Waals surface area (Å²) in [7, 11) is 2.81. The number of carbonyl (C=O) groups is 1. The Balaban J connectivity index is 1.85. The zero-order valence-electron chi connectivity index (χ0n) is 21.7. The minimum Gasteiger partial charge on any atom is -0.493 e. The number of alkyl halides is 3. The van der Waals surface area contributed by atoms with Gasteiger partial charge in [-0.25, -0.2) is 4.79 Å². The molecule has 4 rings (SSSR count). The van der Waals surface area contributed by atoms with Crippen molar-refractivity contribution in [3.63, 3.8) is 0 Å². The molecule has 9 nitrogen and oxygen atoms in total. The van der Waals surface area contributed by atoms with Crippen LogP contribution in [0, 0.1) is 0 Å². The normalized spacial score (nSPS) is 12.1. The second-order valence-electron chi connectivity index (χ2n) is 8.78. The lowest BCUT2D eigenvalue weighted by Gasteiger charge is -2.16. The number of nitrogens with one attached hydrogen (secondary N) is 1. The van der Waals surface area contributed by atoms with Crippen LogP contribution in [0.5, 0.6) is 11.5 Å². The van der Waals surface area contributed by atoms with Crippen LogP contribution < -0.4 is 26.0 Å². The van der Waals surface area contributed by atoms with Gasteiger partial charge in [-0.15, -0.1) is 0 Å². The summed E-state index contributed by atoms with van der Waals surface area (Å²) in [5.41, 5.74) is -2.67. The third-order valence-electron chi connectivity index (χ3n) is 6.13. The van der Waals surface area contributed by atoms with Crippen molar-refractivity contribution in [2.45, 2.75) is 25.7 Å². The Labute approximate surface area is 226 Å². The van der Waals surface area contributed by atoms with Crippen LogP contribution in [0.4, 0.5) is 13.2 Å². The molecule has 12 heteroatoms. The van der Waals surface area contributed by atoms with E-state index in [1.807, 2.05) is 6.07 Å². The van der Waals surface area contributed by atoms with Crippen LogP contribution in [0.3, 0.4) is 0 Å². The molecule has 1 aromatic heterocycles. The van der Waals surface area contributed by atoms with Gasteiger partial charge in [0, 0.05) is 6.07 Å². The van der Waals surface area contributed by atoms with E-state index in [2.05, 4.69) is 10.4 Å². The first-order valence-electron chi connectivity index (χ1n) is 12.0. The van der Waals surface area contributed by atoms with Gasteiger partial charge in [0.05, 0.1) is 38.1 Å². The van der Waals surface area contributed by atoms with Gasteiger partial charge >= 0.3 is 11.9 Å². The maximum atomic E-state index is 13.5. The van der Waals surface area contributed by atoms with Gasteiger partial charge < -0.3 is 14.8 Å². The summed E-state index contributed by atoms with van der Waals surface area (Å²) in [6.07, 6.45) is -4.63. The van der Waals surface area contributed by atoms with E-state index in [0.717, 1.165) is 22.4 Å². The van der Waals surface area contributed by atoms with Crippen LogP contribution in [0.1, 0.15) is 40.1 Å². The lowest BCUT2D eigenvalue weighted by Crippen LogP contribution is -2.46. The van der Waals surface area contributed by atoms with Crippen molar-refractivity contribution < 1.29 is 27.4 Å². The highest BCUT2D eigenvalue weighted by atomic mass is 19.4. The van der Waals surface area contributed by atoms with Gasteiger partial charge in [0.2, 0.25) is 5.69 Å². The molecule has 3 aromatic carbocycles. The molecule has 0 aliphatic carbocycles. The summed E-state index contributed by atoms with van der Waals surface area (Å²) in [5, 5.41) is 6.75. The number of ether oxygens (including phenoxy) is 2. The first-order valence-corrected chi connectivity index (χ1v) is 12.0. The van der Waals surface area contributed by atoms with Gasteiger partial charge in [0.15, 0.2) is 11.5 Å². The summed E-state index contributed by atoms with van der Waals surface area (Å²) >= 11 is 0. The molecule has 1 N–H and O–H groups in total. The van der Waals surface area contributed by atoms with Crippen LogP contribution in [-0.2, 0) is 12.7 Å². The Hall–Kier alpha value is -4.87. The standard InChI is InChI=1S/C28H25F3N4O5/c1-17(19-9-5-4-6-10-19)32-25(36)24-26(37)34(16-18-8-7-11-20(14-18)28(29,30)31)27(38)35(33-24)21-12-13-22(39-2)23(15-21)40-3/h4-15,17H,16H2,1-3H3,(H,32,36)/t17-/m1/s1. The third kappa shape index (κ3) is 5.90. The zero-order valence-corrected chi connectivity index (χ0v) is 21.7. The number of halogens is 3. The summed E-state index contributed by atoms with van der Waals surface area (Å²) in [5.74, 6) is -0.271. The van der Waals surface area contributed by atoms with Gasteiger partial charge in [0.25, 0.3) is 11.5 Å². The molecule has 0 fully saturated rings. The van der Waals surface area contributed by atoms with Crippen molar-refractivity contribution in [2.75, 3.05) is 14.2 Å². The van der Waals surface area contributed by atoms with Gasteiger partial charge in [-0.3, -0.25) is 14.2 Å². The number of hydrogen-bond donors (Lipinski definition) is 1. The van der Waals surface area contributed by atoms with Gasteiger partial charge in [-0.2, -0.15) is 23.0 Å². The predicted octanol–water partition coefficient (Wildman–Crippen LogP) is 3.97. The van der Waals surface area contributed by atoms with E-state index in [-0.39, 0.29) is 17.0 Å². The van der Waals surface area contributed by atoms with Crippen molar-refractivity contribution in [3.8, 4) is 17.2 Å². The third-order valence-corrected chi connectivity index (χ3v) is 6.13. The van der Waals surface area contributed by atoms with E-state index in [4.69, 9.17) is 9.47 Å². The van der Waals surface area contributed by atoms with Crippen LogP contribution in [0.25, 0.3) is 5.69 Å². The fourth-order valence-corrected chi connectivity index (χ4v) is 4.04. The van der Waals surface area contributed by atoms with Gasteiger partial charge in [-0.05, 0) is 42.3 Å². The number of benzene rings is 3. The number of methoxy groups -OCH3 is 2. The number of amides is 1. The van der Waals surface area contributed by atoms with Crippen molar-refractivity contribution >= 4 is 5.91 Å². The fraction of sp³-hybridized carbons (Fsp3) is 0.214. The number of hydrogen-bond acceptors (Lipinski definition) is 6. The van der Waals surface area contributed by atoms with Crippen LogP contribution in [-0.4, -0.2) is 34.5 Å². The molecule has 1 amide bonds. The molecular weight excluding hydrogens is 529 g/mol. The Morgan fingerprint density at radius 3 is 2.30 bits per heavy atom. The largest absolute Gasteiger partial charge is 0.493 e. The maximum absolute atomic E-state index is 13.5. The smallest absolute Gasteiger partial charge is 0.416 e. The quantitative estimate of drug-likeness (QED) is 0.354. The van der Waals surface area contributed by atoms with Crippen molar-refractivity contribution in [1.82, 2.24) is 19.7 Å². The number of nitrogens with zero attached hydrogens (tertiary/aromatic N) is 3. The minimum absolute atomic E-state index is 0.0306. The molecule has 0 saturated heterocycles. The summed E-state index contributed by atoms with van der Waals surface area (Å²) in [4.78, 5) is 40.2. The maximum Gasteiger partial charge on any atom is 0.416 e. The Kier molecular flexibility index (Phi) is 8.08. The molecule has 4 aromatic rings. The summed E-state index contributed by atoms with van der Waals surface area (Å²) < 4.78 is 51.9. The second kappa shape index (κ2) is 11.5. The highest BCUT2D eigenvalue weighted by Gasteiger charge is 2.30. The van der Waals surface area contributed by atoms with Gasteiger partial charge in [-0.1, -0.05) is 42.5 Å². The van der Waals surface area contributed by atoms with Crippen molar-refractivity contribution in [1.29, 1.82) is 0 Å². The lowest BCUT2D eigenvalue weighted by atomic mass is 10.1. The number of rotatable bonds is 8. The number of aromatic nitrogens is 3. The van der Waals surface area contributed by atoms with E-state index in [1.165, 1.54) is 44.6 Å². The van der Waals surface area contributed by atoms with E-state index < -0.39 is 47.2 Å². The monoisotopic (exact) mass is 554 g/mol. The highest BCUT2D eigenvalue weighted by molar-refractivity contribution is 5.92. The topological polar surface area (TPSA) is 104 Å². The first kappa shape index (κ1) is 28.1. The minimum atomic E-state index is -4.63. The van der Waals surface area contributed by atoms with Crippen molar-refractivity contribution in [2.24, 2.45) is 0 Å². The molecule has 0 aliphatic heterocycles. The molecule has 1 heterocycles. The lowest BCUT2D eigenvalue weighted by molar-refractivity contribution is -0.137. The van der Waals surface area contributed by atoms with E-state index in [9.17, 15) is 27.6 Å². The average Bonchev–Trinajstić information content (AvgIpc) is 2.95. The predicted molar refractivity (Wildman–Crippen MR) is 140 cm³/mol. The molecule has 40 heavy (non-hydrogen) atoms. The first-order chi connectivity index (χ1) is 19.0. The highest BCUT2D eigenvalue weighted by Crippen LogP contribution is 2.30. The van der Waals surface area contributed by atoms with Crippen LogP contribution >= 0.6 is 0 Å². The molecular formula is C28H25F3N4O5. The molecule has 0 unspecified atom stereocenters. The molecule has 208 valence electrons. The number of carbonyl (C=O) groups excluding carboxylic acids is 1. The van der Waals surface area contributed by atoms with Crippen LogP contribution in [0.2, 0.25) is 0 Å². The van der Waals surface area contributed by atoms with E-state index in [0.29, 0.717) is 10.3 Å². The van der Waals surface area contributed by atoms with Gasteiger partial charge in [0.1, 0.15) is 0 Å². The Bertz CT molecular complexity index is 1650. The molecule has 1 atom stereocenters. The molecule has 0 radical (unpaired) electrons. The SMILES string of the molecule is COc1ccc(-n2nc(C(=O)N[C@H](C)c3ccccc3)c(=O)n(Cc3cccc(C(F)(F)F)c3)c2=O)cc1OC. The van der Waals surface area contributed by atoms with Crippen LogP contribution in [0.15, 0.2) is 82.4 Å². The Morgan fingerprint density at radius 1 is 0.950 bits per heavy atom.